The van der Waals surface area contributed by atoms with Gasteiger partial charge in [0.25, 0.3) is 0 Å². The summed E-state index contributed by atoms with van der Waals surface area (Å²) in [6.45, 7) is 3.19. The number of hydrogen-bond acceptors (Lipinski definition) is 6. The summed E-state index contributed by atoms with van der Waals surface area (Å²) in [4.78, 5) is 20.1. The van der Waals surface area contributed by atoms with Crippen LogP contribution < -0.4 is 16.7 Å². The molecule has 38 heavy (non-hydrogen) atoms. The first-order chi connectivity index (χ1) is 18.4. The normalized spacial score (nSPS) is 12.3. The largest absolute Gasteiger partial charge is 0.354 e. The smallest absolute Gasteiger partial charge is 0.339 e. The summed E-state index contributed by atoms with van der Waals surface area (Å²) in [7, 11) is 0. The van der Waals surface area contributed by atoms with Crippen molar-refractivity contribution < 1.29 is 4.39 Å². The van der Waals surface area contributed by atoms with Gasteiger partial charge in [0, 0.05) is 36.3 Å². The Kier molecular flexibility index (Phi) is 7.64. The van der Waals surface area contributed by atoms with Crippen molar-refractivity contribution in [3.05, 3.63) is 93.0 Å². The van der Waals surface area contributed by atoms with Crippen molar-refractivity contribution in [2.75, 3.05) is 0 Å². The molecule has 0 aliphatic rings. The zero-order chi connectivity index (χ0) is 26.6. The average Bonchev–Trinajstić information content (AvgIpc) is 3.55. The molecule has 0 saturated heterocycles. The van der Waals surface area contributed by atoms with Crippen molar-refractivity contribution in [2.45, 2.75) is 45.3 Å². The molecular formula is C27H28ClFN8O. The summed E-state index contributed by atoms with van der Waals surface area (Å²) < 4.78 is 16.5. The van der Waals surface area contributed by atoms with Crippen LogP contribution in [-0.4, -0.2) is 36.0 Å². The van der Waals surface area contributed by atoms with Crippen LogP contribution in [0.2, 0.25) is 5.02 Å². The molecule has 0 spiro atoms. The Bertz CT molecular complexity index is 1590. The molecule has 2 aromatic carbocycles. The first-order valence-corrected chi connectivity index (χ1v) is 12.8. The highest BCUT2D eigenvalue weighted by atomic mass is 35.5. The van der Waals surface area contributed by atoms with Crippen LogP contribution in [0.5, 0.6) is 0 Å². The SMILES string of the molecule is C[C@H](N)CCCc1cc(Cl)c(F)c(-c2cc3cn(-c4ccc(CNCc5cn[nH]n5)cc4)c(=O)nc3[nH]2)c1. The van der Waals surface area contributed by atoms with E-state index in [0.29, 0.717) is 41.1 Å². The van der Waals surface area contributed by atoms with E-state index in [1.807, 2.05) is 31.2 Å². The minimum Gasteiger partial charge on any atom is -0.339 e. The molecule has 5 N–H and O–H groups in total. The molecule has 3 heterocycles. The van der Waals surface area contributed by atoms with Gasteiger partial charge in [-0.15, -0.1) is 0 Å². The second-order valence-corrected chi connectivity index (χ2v) is 9.83. The van der Waals surface area contributed by atoms with Gasteiger partial charge in [-0.1, -0.05) is 23.7 Å². The van der Waals surface area contributed by atoms with Gasteiger partial charge in [-0.2, -0.15) is 20.4 Å². The van der Waals surface area contributed by atoms with E-state index in [-0.39, 0.29) is 11.1 Å². The molecule has 0 aliphatic carbocycles. The molecule has 9 nitrogen and oxygen atoms in total. The number of nitrogens with two attached hydrogens (primary N) is 1. The van der Waals surface area contributed by atoms with Crippen LogP contribution in [0.3, 0.4) is 0 Å². The lowest BCUT2D eigenvalue weighted by Crippen LogP contribution is -2.20. The minimum absolute atomic E-state index is 0.0556. The standard InChI is InChI=1S/C27H28ClFN8O/c1-16(30)3-2-4-18-9-22(25(29)23(28)10-18)24-11-19-15-37(27(38)34-26(19)33-24)21-7-5-17(6-8-21)12-31-13-20-14-32-36-35-20/h5-11,14-16,31H,2-4,12-13,30H2,1H3,(H,32,35,36)(H,33,34,38)/t16-/m0/s1. The summed E-state index contributed by atoms with van der Waals surface area (Å²) in [5.41, 5.74) is 10.1. The fourth-order valence-electron chi connectivity index (χ4n) is 4.36. The van der Waals surface area contributed by atoms with Crippen molar-refractivity contribution in [3.63, 3.8) is 0 Å². The molecule has 0 saturated carbocycles. The van der Waals surface area contributed by atoms with Gasteiger partial charge in [0.05, 0.1) is 28.3 Å². The number of aromatic nitrogens is 6. The fourth-order valence-corrected chi connectivity index (χ4v) is 4.60. The number of benzene rings is 2. The molecular weight excluding hydrogens is 507 g/mol. The lowest BCUT2D eigenvalue weighted by atomic mass is 10.0. The number of aryl methyl sites for hydroxylation is 1. The van der Waals surface area contributed by atoms with Gasteiger partial charge in [0.15, 0.2) is 5.82 Å². The predicted octanol–water partition coefficient (Wildman–Crippen LogP) is 4.25. The molecule has 3 aromatic heterocycles. The van der Waals surface area contributed by atoms with E-state index in [1.54, 1.807) is 30.6 Å². The molecule has 0 amide bonds. The van der Waals surface area contributed by atoms with Gasteiger partial charge in [0.1, 0.15) is 5.65 Å². The Labute approximate surface area is 223 Å². The zero-order valence-electron chi connectivity index (χ0n) is 20.8. The van der Waals surface area contributed by atoms with Gasteiger partial charge < -0.3 is 16.0 Å². The summed E-state index contributed by atoms with van der Waals surface area (Å²) in [5, 5.41) is 14.4. The molecule has 1 atom stereocenters. The van der Waals surface area contributed by atoms with Crippen LogP contribution >= 0.6 is 11.6 Å². The number of nitrogens with zero attached hydrogens (tertiary/aromatic N) is 4. The maximum absolute atomic E-state index is 15.0. The maximum Gasteiger partial charge on any atom is 0.354 e. The van der Waals surface area contributed by atoms with Crippen molar-refractivity contribution in [1.29, 1.82) is 0 Å². The molecule has 5 aromatic rings. The van der Waals surface area contributed by atoms with Crippen LogP contribution in [0.1, 0.15) is 36.6 Å². The second-order valence-electron chi connectivity index (χ2n) is 9.42. The Morgan fingerprint density at radius 3 is 2.71 bits per heavy atom. The molecule has 5 rings (SSSR count). The third-order valence-electron chi connectivity index (χ3n) is 6.33. The van der Waals surface area contributed by atoms with Crippen molar-refractivity contribution in [2.24, 2.45) is 5.73 Å². The van der Waals surface area contributed by atoms with E-state index >= 15 is 4.39 Å². The number of H-pyrrole nitrogens is 2. The van der Waals surface area contributed by atoms with Gasteiger partial charge in [-0.3, -0.25) is 4.57 Å². The van der Waals surface area contributed by atoms with Crippen LogP contribution in [-0.2, 0) is 19.5 Å². The highest BCUT2D eigenvalue weighted by Gasteiger charge is 2.15. The Morgan fingerprint density at radius 1 is 1.16 bits per heavy atom. The average molecular weight is 535 g/mol. The van der Waals surface area contributed by atoms with Crippen LogP contribution in [0, 0.1) is 5.82 Å². The van der Waals surface area contributed by atoms with Crippen LogP contribution in [0.15, 0.2) is 59.7 Å². The number of nitrogens with one attached hydrogen (secondary N) is 3. The molecule has 11 heteroatoms. The quantitative estimate of drug-likeness (QED) is 0.212. The minimum atomic E-state index is -0.517. The molecule has 0 aliphatic heterocycles. The first kappa shape index (κ1) is 25.8. The molecule has 0 unspecified atom stereocenters. The summed E-state index contributed by atoms with van der Waals surface area (Å²) in [6, 6.07) is 12.9. The highest BCUT2D eigenvalue weighted by molar-refractivity contribution is 6.31. The number of rotatable bonds is 10. The maximum atomic E-state index is 15.0. The Morgan fingerprint density at radius 2 is 1.97 bits per heavy atom. The summed E-state index contributed by atoms with van der Waals surface area (Å²) in [5.74, 6) is -0.517. The van der Waals surface area contributed by atoms with Gasteiger partial charge in [-0.25, -0.2) is 9.18 Å². The van der Waals surface area contributed by atoms with E-state index in [9.17, 15) is 4.79 Å². The van der Waals surface area contributed by atoms with Gasteiger partial charge in [0.2, 0.25) is 0 Å². The zero-order valence-corrected chi connectivity index (χ0v) is 21.6. The topological polar surface area (TPSA) is 130 Å². The van der Waals surface area contributed by atoms with E-state index < -0.39 is 11.5 Å². The Balaban J connectivity index is 1.37. The molecule has 0 fully saturated rings. The Hall–Kier alpha value is -3.86. The van der Waals surface area contributed by atoms with E-state index in [1.165, 1.54) is 4.57 Å². The van der Waals surface area contributed by atoms with Crippen molar-refractivity contribution in [3.8, 4) is 16.9 Å². The van der Waals surface area contributed by atoms with Crippen LogP contribution in [0.25, 0.3) is 28.0 Å². The number of hydrogen-bond donors (Lipinski definition) is 4. The van der Waals surface area contributed by atoms with E-state index in [4.69, 9.17) is 17.3 Å². The summed E-state index contributed by atoms with van der Waals surface area (Å²) >= 11 is 6.21. The predicted molar refractivity (Wildman–Crippen MR) is 146 cm³/mol. The number of halogens is 2. The molecule has 0 bridgehead atoms. The first-order valence-electron chi connectivity index (χ1n) is 12.4. The molecule has 0 radical (unpaired) electrons. The van der Waals surface area contributed by atoms with E-state index in [2.05, 4.69) is 30.7 Å². The van der Waals surface area contributed by atoms with Crippen molar-refractivity contribution >= 4 is 22.6 Å². The monoisotopic (exact) mass is 534 g/mol. The number of fused-ring (bicyclic) bond motifs is 1. The van der Waals surface area contributed by atoms with Crippen molar-refractivity contribution in [1.82, 2.24) is 35.3 Å². The lowest BCUT2D eigenvalue weighted by Gasteiger charge is -2.09. The van der Waals surface area contributed by atoms with E-state index in [0.717, 1.165) is 36.1 Å². The molecule has 196 valence electrons. The highest BCUT2D eigenvalue weighted by Crippen LogP contribution is 2.31. The number of aromatic amines is 2. The third-order valence-corrected chi connectivity index (χ3v) is 6.60. The third kappa shape index (κ3) is 5.83. The lowest BCUT2D eigenvalue weighted by molar-refractivity contribution is 0.618. The summed E-state index contributed by atoms with van der Waals surface area (Å²) in [6.07, 6.45) is 5.86. The van der Waals surface area contributed by atoms with Gasteiger partial charge in [-0.05, 0) is 67.6 Å². The van der Waals surface area contributed by atoms with Gasteiger partial charge >= 0.3 is 5.69 Å². The van der Waals surface area contributed by atoms with Crippen LogP contribution in [0.4, 0.5) is 4.39 Å². The second kappa shape index (κ2) is 11.3. The fraction of sp³-hybridized carbons (Fsp3) is 0.259.